The van der Waals surface area contributed by atoms with Crippen LogP contribution in [-0.2, 0) is 17.8 Å². The molecule has 1 aromatic carbocycles. The highest BCUT2D eigenvalue weighted by Crippen LogP contribution is 2.16. The molecule has 2 heterocycles. The fraction of sp³-hybridized carbons (Fsp3) is 0.391. The van der Waals surface area contributed by atoms with Crippen molar-refractivity contribution in [3.05, 3.63) is 70.4 Å². The van der Waals surface area contributed by atoms with Gasteiger partial charge in [0.25, 0.3) is 5.56 Å². The quantitative estimate of drug-likeness (QED) is 0.522. The van der Waals surface area contributed by atoms with Crippen molar-refractivity contribution in [1.82, 2.24) is 25.0 Å². The van der Waals surface area contributed by atoms with E-state index in [1.54, 1.807) is 18.5 Å². The third-order valence-electron chi connectivity index (χ3n) is 5.23. The molecule has 30 heavy (non-hydrogen) atoms. The molecule has 0 aliphatic heterocycles. The number of nitrogens with zero attached hydrogens (tertiary/aromatic N) is 4. The van der Waals surface area contributed by atoms with Gasteiger partial charge in [0.05, 0.1) is 11.1 Å². The molecule has 0 radical (unpaired) electrons. The van der Waals surface area contributed by atoms with Crippen LogP contribution in [0.4, 0.5) is 0 Å². The molecular formula is C23H29N5O2. The molecule has 0 saturated heterocycles. The third kappa shape index (κ3) is 5.51. The minimum absolute atomic E-state index is 0.0850. The van der Waals surface area contributed by atoms with Gasteiger partial charge in [0, 0.05) is 30.7 Å². The van der Waals surface area contributed by atoms with E-state index in [-0.39, 0.29) is 18.0 Å². The van der Waals surface area contributed by atoms with Crippen LogP contribution < -0.4 is 10.9 Å². The van der Waals surface area contributed by atoms with Crippen molar-refractivity contribution >= 4 is 16.7 Å². The monoisotopic (exact) mass is 407 g/mol. The lowest BCUT2D eigenvalue weighted by Gasteiger charge is -2.17. The minimum Gasteiger partial charge on any atom is -0.354 e. The molecule has 1 amide bonds. The molecular weight excluding hydrogens is 378 g/mol. The van der Waals surface area contributed by atoms with Gasteiger partial charge in [-0.25, -0.2) is 4.68 Å². The van der Waals surface area contributed by atoms with Crippen LogP contribution in [0.15, 0.2) is 53.6 Å². The maximum absolute atomic E-state index is 12.9. The zero-order valence-corrected chi connectivity index (χ0v) is 17.7. The van der Waals surface area contributed by atoms with E-state index in [2.05, 4.69) is 34.1 Å². The van der Waals surface area contributed by atoms with E-state index < -0.39 is 0 Å². The number of fused-ring (bicyclic) bond motifs is 1. The lowest BCUT2D eigenvalue weighted by molar-refractivity contribution is -0.121. The average molecular weight is 408 g/mol. The maximum atomic E-state index is 12.9. The molecule has 2 aromatic heterocycles. The number of benzene rings is 1. The van der Waals surface area contributed by atoms with Crippen molar-refractivity contribution in [2.75, 3.05) is 26.2 Å². The largest absolute Gasteiger partial charge is 0.354 e. The van der Waals surface area contributed by atoms with Crippen molar-refractivity contribution in [1.29, 1.82) is 0 Å². The van der Waals surface area contributed by atoms with E-state index in [9.17, 15) is 9.59 Å². The van der Waals surface area contributed by atoms with Crippen molar-refractivity contribution in [3.63, 3.8) is 0 Å². The summed E-state index contributed by atoms with van der Waals surface area (Å²) in [6, 6.07) is 11.3. The number of hydrogen-bond donors (Lipinski definition) is 1. The summed E-state index contributed by atoms with van der Waals surface area (Å²) in [5.41, 5.74) is 1.57. The van der Waals surface area contributed by atoms with Gasteiger partial charge in [0.1, 0.15) is 6.54 Å². The molecule has 0 aliphatic rings. The van der Waals surface area contributed by atoms with Gasteiger partial charge in [-0.2, -0.15) is 5.10 Å². The Kier molecular flexibility index (Phi) is 7.68. The first kappa shape index (κ1) is 21.6. The molecule has 7 nitrogen and oxygen atoms in total. The third-order valence-corrected chi connectivity index (χ3v) is 5.23. The van der Waals surface area contributed by atoms with Gasteiger partial charge in [0.15, 0.2) is 0 Å². The number of pyridine rings is 1. The fourth-order valence-electron chi connectivity index (χ4n) is 3.50. The summed E-state index contributed by atoms with van der Waals surface area (Å²) in [5.74, 6) is -0.200. The molecule has 0 spiro atoms. The van der Waals surface area contributed by atoms with Gasteiger partial charge in [0.2, 0.25) is 5.91 Å². The highest BCUT2D eigenvalue weighted by Gasteiger charge is 2.13. The van der Waals surface area contributed by atoms with Gasteiger partial charge in [-0.05, 0) is 49.8 Å². The van der Waals surface area contributed by atoms with Crippen LogP contribution in [0.3, 0.4) is 0 Å². The van der Waals surface area contributed by atoms with E-state index in [1.165, 1.54) is 4.68 Å². The summed E-state index contributed by atoms with van der Waals surface area (Å²) < 4.78 is 1.28. The highest BCUT2D eigenvalue weighted by molar-refractivity contribution is 5.84. The number of amides is 1. The molecule has 0 aliphatic carbocycles. The van der Waals surface area contributed by atoms with Gasteiger partial charge >= 0.3 is 0 Å². The van der Waals surface area contributed by atoms with Crippen molar-refractivity contribution in [2.45, 2.75) is 33.2 Å². The van der Waals surface area contributed by atoms with Crippen molar-refractivity contribution in [3.8, 4) is 0 Å². The molecule has 1 N–H and O–H groups in total. The minimum atomic E-state index is -0.248. The first-order chi connectivity index (χ1) is 14.6. The molecule has 0 unspecified atom stereocenters. The van der Waals surface area contributed by atoms with Crippen LogP contribution in [0, 0.1) is 0 Å². The maximum Gasteiger partial charge on any atom is 0.275 e. The predicted octanol–water partition coefficient (Wildman–Crippen LogP) is 2.23. The summed E-state index contributed by atoms with van der Waals surface area (Å²) in [5, 5.41) is 8.83. The highest BCUT2D eigenvalue weighted by atomic mass is 16.2. The van der Waals surface area contributed by atoms with E-state index >= 15 is 0 Å². The van der Waals surface area contributed by atoms with E-state index in [0.29, 0.717) is 18.4 Å². The average Bonchev–Trinajstić information content (AvgIpc) is 2.78. The van der Waals surface area contributed by atoms with Crippen LogP contribution in [0.25, 0.3) is 10.8 Å². The van der Waals surface area contributed by atoms with E-state index in [4.69, 9.17) is 0 Å². The number of carbonyl (C=O) groups excluding carboxylic acids is 1. The van der Waals surface area contributed by atoms with Crippen LogP contribution >= 0.6 is 0 Å². The Morgan fingerprint density at radius 3 is 2.47 bits per heavy atom. The normalized spacial score (nSPS) is 11.2. The Morgan fingerprint density at radius 1 is 1.07 bits per heavy atom. The lowest BCUT2D eigenvalue weighted by Crippen LogP contribution is -2.35. The standard InChI is InChI=1S/C23H29N5O2/c1-3-27(4-2)15-7-12-25-22(29)17-28-23(30)20-9-6-5-8-19(20)21(26-28)16-18-10-13-24-14-11-18/h5-6,8-11,13-14H,3-4,7,12,15-17H2,1-2H3,(H,25,29). The topological polar surface area (TPSA) is 80.1 Å². The van der Waals surface area contributed by atoms with Crippen LogP contribution in [0.1, 0.15) is 31.5 Å². The van der Waals surface area contributed by atoms with E-state index in [1.807, 2.05) is 30.3 Å². The van der Waals surface area contributed by atoms with Gasteiger partial charge in [-0.3, -0.25) is 14.6 Å². The second kappa shape index (κ2) is 10.6. The Hall–Kier alpha value is -3.06. The Morgan fingerprint density at radius 2 is 1.77 bits per heavy atom. The molecule has 0 bridgehead atoms. The number of rotatable bonds is 10. The number of aromatic nitrogens is 3. The number of nitrogens with one attached hydrogen (secondary N) is 1. The predicted molar refractivity (Wildman–Crippen MR) is 118 cm³/mol. The number of hydrogen-bond acceptors (Lipinski definition) is 5. The van der Waals surface area contributed by atoms with Crippen LogP contribution in [-0.4, -0.2) is 51.8 Å². The zero-order chi connectivity index (χ0) is 21.3. The molecule has 3 rings (SSSR count). The first-order valence-corrected chi connectivity index (χ1v) is 10.5. The summed E-state index contributed by atoms with van der Waals surface area (Å²) in [7, 11) is 0. The zero-order valence-electron chi connectivity index (χ0n) is 17.7. The Labute approximate surface area is 176 Å². The summed E-state index contributed by atoms with van der Waals surface area (Å²) >= 11 is 0. The Balaban J connectivity index is 1.74. The molecule has 7 heteroatoms. The number of carbonyl (C=O) groups is 1. The van der Waals surface area contributed by atoms with Crippen LogP contribution in [0.2, 0.25) is 0 Å². The second-order valence-electron chi connectivity index (χ2n) is 7.22. The van der Waals surface area contributed by atoms with Crippen LogP contribution in [0.5, 0.6) is 0 Å². The lowest BCUT2D eigenvalue weighted by atomic mass is 10.1. The van der Waals surface area contributed by atoms with Gasteiger partial charge < -0.3 is 10.2 Å². The molecule has 0 saturated carbocycles. The fourth-order valence-corrected chi connectivity index (χ4v) is 3.50. The van der Waals surface area contributed by atoms with Crippen molar-refractivity contribution in [2.24, 2.45) is 0 Å². The molecule has 0 atom stereocenters. The smallest absolute Gasteiger partial charge is 0.275 e. The summed E-state index contributed by atoms with van der Waals surface area (Å²) in [6.07, 6.45) is 4.91. The van der Waals surface area contributed by atoms with Gasteiger partial charge in [-0.15, -0.1) is 0 Å². The molecule has 158 valence electrons. The summed E-state index contributed by atoms with van der Waals surface area (Å²) in [4.78, 5) is 31.6. The van der Waals surface area contributed by atoms with Crippen molar-refractivity contribution < 1.29 is 4.79 Å². The van der Waals surface area contributed by atoms with Gasteiger partial charge in [-0.1, -0.05) is 32.0 Å². The Bertz CT molecular complexity index is 1030. The molecule has 0 fully saturated rings. The van der Waals surface area contributed by atoms with E-state index in [0.717, 1.165) is 42.7 Å². The SMILES string of the molecule is CCN(CC)CCCNC(=O)Cn1nc(Cc2ccncc2)c2ccccc2c1=O. The second-order valence-corrected chi connectivity index (χ2v) is 7.22. The molecule has 3 aromatic rings. The first-order valence-electron chi connectivity index (χ1n) is 10.5. The summed E-state index contributed by atoms with van der Waals surface area (Å²) in [6.45, 7) is 7.70.